The summed E-state index contributed by atoms with van der Waals surface area (Å²) in [4.78, 5) is 22.5. The van der Waals surface area contributed by atoms with Gasteiger partial charge in [0.25, 0.3) is 0 Å². The Morgan fingerprint density at radius 3 is 2.12 bits per heavy atom. The standard InChI is InChI=1S/C19H35N3O3/c20-19(25)18(22-10-15-3-7-17(13-24)8-4-15)11-21-9-14-1-5-16(12-23)6-2-14/h12,14-18,21-22,24H,1-11,13H2,(H2,20,25). The molecule has 1 unspecified atom stereocenters. The van der Waals surface area contributed by atoms with E-state index in [0.29, 0.717) is 30.9 Å². The molecule has 144 valence electrons. The number of primary amides is 1. The Balaban J connectivity index is 1.62. The second-order valence-electron chi connectivity index (χ2n) is 8.01. The number of nitrogens with two attached hydrogens (primary N) is 1. The third-order valence-corrected chi connectivity index (χ3v) is 6.09. The maximum absolute atomic E-state index is 11.7. The van der Waals surface area contributed by atoms with Crippen LogP contribution in [0.5, 0.6) is 0 Å². The van der Waals surface area contributed by atoms with Gasteiger partial charge in [0.2, 0.25) is 5.91 Å². The van der Waals surface area contributed by atoms with Crippen molar-refractivity contribution in [2.75, 3.05) is 26.2 Å². The quantitative estimate of drug-likeness (QED) is 0.435. The molecule has 0 saturated heterocycles. The lowest BCUT2D eigenvalue weighted by Gasteiger charge is -2.29. The van der Waals surface area contributed by atoms with Crippen LogP contribution in [0, 0.1) is 23.7 Å². The zero-order valence-electron chi connectivity index (χ0n) is 15.3. The normalized spacial score (nSPS) is 31.4. The van der Waals surface area contributed by atoms with Gasteiger partial charge in [-0.25, -0.2) is 0 Å². The van der Waals surface area contributed by atoms with Crippen LogP contribution in [0.1, 0.15) is 51.4 Å². The van der Waals surface area contributed by atoms with Gasteiger partial charge in [0, 0.05) is 19.1 Å². The molecular weight excluding hydrogens is 318 g/mol. The molecule has 0 aliphatic heterocycles. The molecule has 2 rings (SSSR count). The fourth-order valence-electron chi connectivity index (χ4n) is 4.16. The van der Waals surface area contributed by atoms with Crippen molar-refractivity contribution in [2.45, 2.75) is 57.4 Å². The van der Waals surface area contributed by atoms with Gasteiger partial charge < -0.3 is 26.3 Å². The van der Waals surface area contributed by atoms with E-state index in [1.807, 2.05) is 0 Å². The number of nitrogens with one attached hydrogen (secondary N) is 2. The Bertz CT molecular complexity index is 403. The van der Waals surface area contributed by atoms with E-state index in [2.05, 4.69) is 10.6 Å². The predicted octanol–water partition coefficient (Wildman–Crippen LogP) is 0.823. The smallest absolute Gasteiger partial charge is 0.235 e. The molecule has 25 heavy (non-hydrogen) atoms. The number of aliphatic hydroxyl groups is 1. The lowest BCUT2D eigenvalue weighted by molar-refractivity contribution is -0.120. The Kier molecular flexibility index (Phi) is 8.85. The lowest BCUT2D eigenvalue weighted by Crippen LogP contribution is -2.50. The van der Waals surface area contributed by atoms with Crippen molar-refractivity contribution in [3.63, 3.8) is 0 Å². The van der Waals surface area contributed by atoms with Gasteiger partial charge >= 0.3 is 0 Å². The lowest BCUT2D eigenvalue weighted by atomic mass is 9.82. The van der Waals surface area contributed by atoms with Gasteiger partial charge in [0.1, 0.15) is 6.29 Å². The van der Waals surface area contributed by atoms with Crippen LogP contribution < -0.4 is 16.4 Å². The van der Waals surface area contributed by atoms with Crippen molar-refractivity contribution in [2.24, 2.45) is 29.4 Å². The average Bonchev–Trinajstić information content (AvgIpc) is 2.65. The Hall–Kier alpha value is -0.980. The van der Waals surface area contributed by atoms with Crippen LogP contribution in [-0.4, -0.2) is 49.6 Å². The van der Waals surface area contributed by atoms with Gasteiger partial charge in [-0.05, 0) is 82.2 Å². The molecule has 0 aromatic heterocycles. The number of carbonyl (C=O) groups excluding carboxylic acids is 2. The molecule has 1 amide bonds. The van der Waals surface area contributed by atoms with Gasteiger partial charge in [-0.2, -0.15) is 0 Å². The Labute approximate surface area is 151 Å². The molecule has 6 heteroatoms. The van der Waals surface area contributed by atoms with Gasteiger partial charge in [-0.1, -0.05) is 0 Å². The van der Waals surface area contributed by atoms with Crippen molar-refractivity contribution >= 4 is 12.2 Å². The molecule has 0 heterocycles. The highest BCUT2D eigenvalue weighted by molar-refractivity contribution is 5.80. The van der Waals surface area contributed by atoms with E-state index in [-0.39, 0.29) is 17.9 Å². The van der Waals surface area contributed by atoms with Gasteiger partial charge in [0.15, 0.2) is 0 Å². The Morgan fingerprint density at radius 1 is 1.00 bits per heavy atom. The van der Waals surface area contributed by atoms with Crippen LogP contribution in [0.25, 0.3) is 0 Å². The first-order chi connectivity index (χ1) is 12.1. The van der Waals surface area contributed by atoms with Crippen LogP contribution in [0.2, 0.25) is 0 Å². The van der Waals surface area contributed by atoms with Crippen LogP contribution >= 0.6 is 0 Å². The first-order valence-corrected chi connectivity index (χ1v) is 9.92. The molecule has 2 saturated carbocycles. The molecule has 0 aromatic carbocycles. The van der Waals surface area contributed by atoms with Crippen LogP contribution in [0.4, 0.5) is 0 Å². The second kappa shape index (κ2) is 10.9. The van der Waals surface area contributed by atoms with E-state index in [0.717, 1.165) is 70.7 Å². The molecule has 0 radical (unpaired) electrons. The van der Waals surface area contributed by atoms with Crippen LogP contribution in [-0.2, 0) is 9.59 Å². The van der Waals surface area contributed by atoms with E-state index < -0.39 is 0 Å². The van der Waals surface area contributed by atoms with Gasteiger partial charge in [0.05, 0.1) is 6.04 Å². The van der Waals surface area contributed by atoms with Crippen molar-refractivity contribution in [3.8, 4) is 0 Å². The number of hydrogen-bond donors (Lipinski definition) is 4. The van der Waals surface area contributed by atoms with E-state index in [1.54, 1.807) is 0 Å². The first kappa shape index (κ1) is 20.3. The predicted molar refractivity (Wildman–Crippen MR) is 97.9 cm³/mol. The zero-order valence-corrected chi connectivity index (χ0v) is 15.3. The highest BCUT2D eigenvalue weighted by Gasteiger charge is 2.24. The van der Waals surface area contributed by atoms with Crippen molar-refractivity contribution in [1.29, 1.82) is 0 Å². The molecule has 2 fully saturated rings. The van der Waals surface area contributed by atoms with Crippen LogP contribution in [0.3, 0.4) is 0 Å². The average molecular weight is 354 g/mol. The molecule has 0 aromatic rings. The molecule has 0 bridgehead atoms. The second-order valence-corrected chi connectivity index (χ2v) is 8.01. The summed E-state index contributed by atoms with van der Waals surface area (Å²) in [5.74, 6) is 1.57. The summed E-state index contributed by atoms with van der Waals surface area (Å²) < 4.78 is 0. The largest absolute Gasteiger partial charge is 0.396 e. The summed E-state index contributed by atoms with van der Waals surface area (Å²) >= 11 is 0. The minimum Gasteiger partial charge on any atom is -0.396 e. The van der Waals surface area contributed by atoms with Gasteiger partial charge in [-0.3, -0.25) is 4.79 Å². The summed E-state index contributed by atoms with van der Waals surface area (Å²) in [6.07, 6.45) is 9.60. The first-order valence-electron chi connectivity index (χ1n) is 9.92. The number of carbonyl (C=O) groups is 2. The van der Waals surface area contributed by atoms with E-state index in [9.17, 15) is 14.7 Å². The van der Waals surface area contributed by atoms with Gasteiger partial charge in [-0.15, -0.1) is 0 Å². The highest BCUT2D eigenvalue weighted by atomic mass is 16.3. The molecule has 2 aliphatic rings. The summed E-state index contributed by atoms with van der Waals surface area (Å²) in [5, 5.41) is 15.9. The minimum atomic E-state index is -0.332. The number of rotatable bonds is 10. The van der Waals surface area contributed by atoms with E-state index >= 15 is 0 Å². The molecule has 1 atom stereocenters. The monoisotopic (exact) mass is 353 g/mol. The summed E-state index contributed by atoms with van der Waals surface area (Å²) in [5.41, 5.74) is 5.54. The third kappa shape index (κ3) is 7.04. The number of aliphatic hydroxyl groups excluding tert-OH is 1. The molecule has 6 nitrogen and oxygen atoms in total. The van der Waals surface area contributed by atoms with E-state index in [1.165, 1.54) is 0 Å². The highest BCUT2D eigenvalue weighted by Crippen LogP contribution is 2.28. The molecule has 0 spiro atoms. The van der Waals surface area contributed by atoms with Crippen LogP contribution in [0.15, 0.2) is 0 Å². The van der Waals surface area contributed by atoms with Crippen molar-refractivity contribution in [1.82, 2.24) is 10.6 Å². The minimum absolute atomic E-state index is 0.247. The zero-order chi connectivity index (χ0) is 18.1. The number of amides is 1. The topological polar surface area (TPSA) is 104 Å². The maximum atomic E-state index is 11.7. The molecule has 2 aliphatic carbocycles. The Morgan fingerprint density at radius 2 is 1.56 bits per heavy atom. The summed E-state index contributed by atoms with van der Waals surface area (Å²) in [6.45, 7) is 2.56. The third-order valence-electron chi connectivity index (χ3n) is 6.09. The number of hydrogen-bond acceptors (Lipinski definition) is 5. The number of aldehydes is 1. The van der Waals surface area contributed by atoms with E-state index in [4.69, 9.17) is 5.73 Å². The summed E-state index contributed by atoms with van der Waals surface area (Å²) in [7, 11) is 0. The fourth-order valence-corrected chi connectivity index (χ4v) is 4.16. The molecule has 5 N–H and O–H groups in total. The summed E-state index contributed by atoms with van der Waals surface area (Å²) in [6, 6.07) is -0.332. The molecular formula is C19H35N3O3. The maximum Gasteiger partial charge on any atom is 0.235 e. The van der Waals surface area contributed by atoms with Crippen molar-refractivity contribution < 1.29 is 14.7 Å². The SMILES string of the molecule is NC(=O)C(CNCC1CCC(C=O)CC1)NCC1CCC(CO)CC1. The van der Waals surface area contributed by atoms with Crippen molar-refractivity contribution in [3.05, 3.63) is 0 Å². The fraction of sp³-hybridized carbons (Fsp3) is 0.895.